The molecule has 2 N–H and O–H groups in total. The lowest BCUT2D eigenvalue weighted by Gasteiger charge is -2.15. The quantitative estimate of drug-likeness (QED) is 0.671. The molecule has 104 valence electrons. The Bertz CT molecular complexity index is 629. The minimum atomic E-state index is 0.319. The Balaban J connectivity index is 2.46. The molecule has 2 aromatic carbocycles. The van der Waals surface area contributed by atoms with Gasteiger partial charge in [0.1, 0.15) is 10.7 Å². The molecule has 0 spiro atoms. The van der Waals surface area contributed by atoms with E-state index in [0.717, 1.165) is 10.5 Å². The van der Waals surface area contributed by atoms with Gasteiger partial charge in [0.05, 0.1) is 12.7 Å². The Labute approximate surface area is 128 Å². The predicted molar refractivity (Wildman–Crippen MR) is 87.2 cm³/mol. The normalized spacial score (nSPS) is 10.1. The van der Waals surface area contributed by atoms with E-state index >= 15 is 0 Å². The summed E-state index contributed by atoms with van der Waals surface area (Å²) in [5.74, 6) is 1.93. The summed E-state index contributed by atoms with van der Waals surface area (Å²) in [4.78, 5) is 1.31. The average molecular weight is 305 g/mol. The van der Waals surface area contributed by atoms with Gasteiger partial charge in [0.15, 0.2) is 11.5 Å². The molecule has 0 amide bonds. The molecule has 0 saturated heterocycles. The van der Waals surface area contributed by atoms with Crippen molar-refractivity contribution in [2.75, 3.05) is 13.4 Å². The number of para-hydroxylation sites is 2. The highest BCUT2D eigenvalue weighted by Crippen LogP contribution is 2.35. The number of methoxy groups -OCH3 is 1. The molecule has 20 heavy (non-hydrogen) atoms. The molecule has 0 aromatic heterocycles. The largest absolute Gasteiger partial charge is 0.493 e. The summed E-state index contributed by atoms with van der Waals surface area (Å²) in [7, 11) is 1.61. The van der Waals surface area contributed by atoms with Crippen molar-refractivity contribution in [2.45, 2.75) is 4.90 Å². The van der Waals surface area contributed by atoms with Gasteiger partial charge < -0.3 is 15.2 Å². The third-order valence-corrected chi connectivity index (χ3v) is 3.73. The van der Waals surface area contributed by atoms with Crippen molar-refractivity contribution in [1.82, 2.24) is 0 Å². The van der Waals surface area contributed by atoms with Crippen LogP contribution in [0, 0.1) is 0 Å². The smallest absolute Gasteiger partial charge is 0.169 e. The lowest BCUT2D eigenvalue weighted by atomic mass is 10.2. The highest BCUT2D eigenvalue weighted by atomic mass is 32.2. The molecule has 5 heteroatoms. The van der Waals surface area contributed by atoms with E-state index in [9.17, 15) is 0 Å². The van der Waals surface area contributed by atoms with Gasteiger partial charge in [-0.2, -0.15) is 0 Å². The maximum absolute atomic E-state index is 5.93. The summed E-state index contributed by atoms with van der Waals surface area (Å²) < 4.78 is 11.2. The number of thioether (sulfide) groups is 1. The van der Waals surface area contributed by atoms with Crippen molar-refractivity contribution in [3.8, 4) is 17.2 Å². The maximum atomic E-state index is 5.93. The van der Waals surface area contributed by atoms with Crippen molar-refractivity contribution < 1.29 is 9.47 Å². The number of thiocarbonyl (C=S) groups is 1. The van der Waals surface area contributed by atoms with Crippen LogP contribution in [0.3, 0.4) is 0 Å². The Morgan fingerprint density at radius 2 is 1.70 bits per heavy atom. The SMILES string of the molecule is COc1ccccc1Oc1cccc(SC)c1C(N)=S. The fourth-order valence-electron chi connectivity index (χ4n) is 1.83. The molecule has 0 aliphatic rings. The fraction of sp³-hybridized carbons (Fsp3) is 0.133. The number of hydrogen-bond donors (Lipinski definition) is 1. The second-order valence-electron chi connectivity index (χ2n) is 3.95. The average Bonchev–Trinajstić information content (AvgIpc) is 2.47. The number of nitrogens with two attached hydrogens (primary N) is 1. The van der Waals surface area contributed by atoms with E-state index < -0.39 is 0 Å². The molecular formula is C15H15NO2S2. The summed E-state index contributed by atoms with van der Waals surface area (Å²) in [5.41, 5.74) is 6.57. The summed E-state index contributed by atoms with van der Waals surface area (Å²) in [6.07, 6.45) is 1.98. The van der Waals surface area contributed by atoms with Crippen molar-refractivity contribution in [2.24, 2.45) is 5.73 Å². The predicted octanol–water partition coefficient (Wildman–Crippen LogP) is 3.84. The number of benzene rings is 2. The van der Waals surface area contributed by atoms with E-state index in [0.29, 0.717) is 22.2 Å². The molecule has 0 aliphatic carbocycles. The van der Waals surface area contributed by atoms with Crippen LogP contribution in [-0.2, 0) is 0 Å². The van der Waals surface area contributed by atoms with Gasteiger partial charge in [-0.15, -0.1) is 11.8 Å². The van der Waals surface area contributed by atoms with Crippen LogP contribution in [0.15, 0.2) is 47.4 Å². The molecule has 0 atom stereocenters. The van der Waals surface area contributed by atoms with Crippen LogP contribution in [0.4, 0.5) is 0 Å². The van der Waals surface area contributed by atoms with Gasteiger partial charge in [-0.05, 0) is 30.5 Å². The molecule has 0 fully saturated rings. The second-order valence-corrected chi connectivity index (χ2v) is 5.24. The van der Waals surface area contributed by atoms with Gasteiger partial charge in [0, 0.05) is 4.90 Å². The number of ether oxygens (including phenoxy) is 2. The van der Waals surface area contributed by atoms with Crippen LogP contribution in [-0.4, -0.2) is 18.4 Å². The molecule has 2 rings (SSSR count). The highest BCUT2D eigenvalue weighted by molar-refractivity contribution is 7.98. The Kier molecular flexibility index (Phi) is 4.87. The summed E-state index contributed by atoms with van der Waals surface area (Å²) >= 11 is 6.71. The van der Waals surface area contributed by atoms with Crippen LogP contribution < -0.4 is 15.2 Å². The van der Waals surface area contributed by atoms with E-state index in [-0.39, 0.29) is 0 Å². The number of hydrogen-bond acceptors (Lipinski definition) is 4. The van der Waals surface area contributed by atoms with Crippen molar-refractivity contribution in [1.29, 1.82) is 0 Å². The van der Waals surface area contributed by atoms with Crippen LogP contribution in [0.5, 0.6) is 17.2 Å². The molecule has 2 aromatic rings. The maximum Gasteiger partial charge on any atom is 0.169 e. The third kappa shape index (κ3) is 3.05. The molecule has 0 bridgehead atoms. The van der Waals surface area contributed by atoms with Gasteiger partial charge in [0.2, 0.25) is 0 Å². The van der Waals surface area contributed by atoms with E-state index in [1.165, 1.54) is 0 Å². The lowest BCUT2D eigenvalue weighted by molar-refractivity contribution is 0.378. The first-order chi connectivity index (χ1) is 9.67. The minimum absolute atomic E-state index is 0.319. The van der Waals surface area contributed by atoms with Crippen LogP contribution in [0.25, 0.3) is 0 Å². The summed E-state index contributed by atoms with van der Waals surface area (Å²) in [5, 5.41) is 0. The van der Waals surface area contributed by atoms with Crippen LogP contribution in [0.1, 0.15) is 5.56 Å². The standard InChI is InChI=1S/C15H15NO2S2/c1-17-10-6-3-4-7-11(10)18-12-8-5-9-13(20-2)14(12)15(16)19/h3-9H,1-2H3,(H2,16,19). The minimum Gasteiger partial charge on any atom is -0.493 e. The van der Waals surface area contributed by atoms with E-state index in [1.54, 1.807) is 18.9 Å². The van der Waals surface area contributed by atoms with E-state index in [2.05, 4.69) is 0 Å². The zero-order chi connectivity index (χ0) is 14.5. The monoisotopic (exact) mass is 305 g/mol. The van der Waals surface area contributed by atoms with Crippen molar-refractivity contribution in [3.05, 3.63) is 48.0 Å². The van der Waals surface area contributed by atoms with Gasteiger partial charge >= 0.3 is 0 Å². The molecule has 0 saturated carbocycles. The molecule has 0 unspecified atom stereocenters. The first kappa shape index (κ1) is 14.7. The molecule has 0 radical (unpaired) electrons. The molecule has 0 aliphatic heterocycles. The Morgan fingerprint density at radius 1 is 1.05 bits per heavy atom. The van der Waals surface area contributed by atoms with Crippen LogP contribution >= 0.6 is 24.0 Å². The second kappa shape index (κ2) is 6.63. The zero-order valence-electron chi connectivity index (χ0n) is 11.3. The fourth-order valence-corrected chi connectivity index (χ4v) is 2.74. The Hall–Kier alpha value is -1.72. The molecular weight excluding hydrogens is 290 g/mol. The van der Waals surface area contributed by atoms with Gasteiger partial charge in [-0.25, -0.2) is 0 Å². The lowest BCUT2D eigenvalue weighted by Crippen LogP contribution is -2.12. The number of rotatable bonds is 5. The van der Waals surface area contributed by atoms with E-state index in [1.807, 2.05) is 48.7 Å². The Morgan fingerprint density at radius 3 is 2.30 bits per heavy atom. The van der Waals surface area contributed by atoms with E-state index in [4.69, 9.17) is 27.4 Å². The van der Waals surface area contributed by atoms with Gasteiger partial charge in [-0.1, -0.05) is 30.4 Å². The zero-order valence-corrected chi connectivity index (χ0v) is 12.9. The topological polar surface area (TPSA) is 44.5 Å². The first-order valence-electron chi connectivity index (χ1n) is 5.95. The molecule has 3 nitrogen and oxygen atoms in total. The summed E-state index contributed by atoms with van der Waals surface area (Å²) in [6.45, 7) is 0. The van der Waals surface area contributed by atoms with Crippen molar-refractivity contribution in [3.63, 3.8) is 0 Å². The molecule has 0 heterocycles. The van der Waals surface area contributed by atoms with Crippen LogP contribution in [0.2, 0.25) is 0 Å². The van der Waals surface area contributed by atoms with Gasteiger partial charge in [0.25, 0.3) is 0 Å². The van der Waals surface area contributed by atoms with Crippen molar-refractivity contribution >= 4 is 29.0 Å². The summed E-state index contributed by atoms with van der Waals surface area (Å²) in [6, 6.07) is 13.2. The third-order valence-electron chi connectivity index (χ3n) is 2.74. The van der Waals surface area contributed by atoms with Gasteiger partial charge in [-0.3, -0.25) is 0 Å². The highest BCUT2D eigenvalue weighted by Gasteiger charge is 2.14. The first-order valence-corrected chi connectivity index (χ1v) is 7.58.